The highest BCUT2D eigenvalue weighted by Gasteiger charge is 2.27. The van der Waals surface area contributed by atoms with Crippen LogP contribution in [-0.4, -0.2) is 5.75 Å². The zero-order valence-corrected chi connectivity index (χ0v) is 13.4. The highest BCUT2D eigenvalue weighted by Crippen LogP contribution is 2.40. The summed E-state index contributed by atoms with van der Waals surface area (Å²) in [5, 5.41) is 4.75. The van der Waals surface area contributed by atoms with E-state index in [1.165, 1.54) is 40.2 Å². The van der Waals surface area contributed by atoms with Gasteiger partial charge in [0.15, 0.2) is 0 Å². The number of fused-ring (bicyclic) bond motifs is 2. The molecular formula is C18H18ClNS. The topological polar surface area (TPSA) is 12.0 Å². The third kappa shape index (κ3) is 2.61. The van der Waals surface area contributed by atoms with Crippen LogP contribution < -0.4 is 5.32 Å². The predicted octanol–water partition coefficient (Wildman–Crippen LogP) is 5.15. The van der Waals surface area contributed by atoms with Gasteiger partial charge in [-0.1, -0.05) is 35.9 Å². The first-order chi connectivity index (χ1) is 10.3. The Morgan fingerprint density at radius 3 is 2.81 bits per heavy atom. The van der Waals surface area contributed by atoms with Crippen LogP contribution in [-0.2, 0) is 6.42 Å². The van der Waals surface area contributed by atoms with Gasteiger partial charge in [0.05, 0.1) is 0 Å². The Labute approximate surface area is 135 Å². The number of benzene rings is 2. The van der Waals surface area contributed by atoms with Gasteiger partial charge in [0.1, 0.15) is 0 Å². The van der Waals surface area contributed by atoms with E-state index in [1.54, 1.807) is 0 Å². The molecule has 1 aliphatic heterocycles. The standard InChI is InChI=1S/C18H18ClNS/c19-13-6-7-14-12(11-13)5-8-16(14)20-17-9-10-21-18-4-2-1-3-15(17)18/h1-4,6-7,11,16-17,20H,5,8-10H2. The lowest BCUT2D eigenvalue weighted by Gasteiger charge is -2.29. The Hall–Kier alpha value is -0.960. The van der Waals surface area contributed by atoms with Crippen molar-refractivity contribution in [3.8, 4) is 0 Å². The highest BCUT2D eigenvalue weighted by molar-refractivity contribution is 7.99. The molecule has 1 aliphatic carbocycles. The van der Waals surface area contributed by atoms with Gasteiger partial charge >= 0.3 is 0 Å². The van der Waals surface area contributed by atoms with E-state index in [9.17, 15) is 0 Å². The maximum absolute atomic E-state index is 6.11. The molecule has 2 aromatic rings. The average molecular weight is 316 g/mol. The molecule has 0 saturated carbocycles. The summed E-state index contributed by atoms with van der Waals surface area (Å²) in [5.41, 5.74) is 4.32. The molecule has 0 spiro atoms. The fourth-order valence-electron chi connectivity index (χ4n) is 3.52. The van der Waals surface area contributed by atoms with E-state index < -0.39 is 0 Å². The Balaban J connectivity index is 1.59. The lowest BCUT2D eigenvalue weighted by Crippen LogP contribution is -2.27. The molecule has 0 fully saturated rings. The number of nitrogens with one attached hydrogen (secondary N) is 1. The average Bonchev–Trinajstić information content (AvgIpc) is 2.90. The first kappa shape index (κ1) is 13.7. The molecule has 0 bridgehead atoms. The first-order valence-corrected chi connectivity index (χ1v) is 8.94. The maximum atomic E-state index is 6.11. The molecule has 0 saturated heterocycles. The number of aryl methyl sites for hydroxylation is 1. The molecule has 2 unspecified atom stereocenters. The van der Waals surface area contributed by atoms with Gasteiger partial charge < -0.3 is 5.32 Å². The zero-order chi connectivity index (χ0) is 14.2. The monoisotopic (exact) mass is 315 g/mol. The minimum atomic E-state index is 0.471. The van der Waals surface area contributed by atoms with E-state index in [-0.39, 0.29) is 0 Å². The molecule has 1 nitrogen and oxygen atoms in total. The number of halogens is 1. The first-order valence-electron chi connectivity index (χ1n) is 7.57. The van der Waals surface area contributed by atoms with Gasteiger partial charge in [0.2, 0.25) is 0 Å². The van der Waals surface area contributed by atoms with Crippen LogP contribution in [0.25, 0.3) is 0 Å². The maximum Gasteiger partial charge on any atom is 0.0408 e. The van der Waals surface area contributed by atoms with Crippen molar-refractivity contribution in [2.75, 3.05) is 5.75 Å². The summed E-state index contributed by atoms with van der Waals surface area (Å²) in [6, 6.07) is 16.1. The van der Waals surface area contributed by atoms with Crippen LogP contribution in [0.4, 0.5) is 0 Å². The fraction of sp³-hybridized carbons (Fsp3) is 0.333. The largest absolute Gasteiger partial charge is 0.303 e. The van der Waals surface area contributed by atoms with Gasteiger partial charge in [-0.3, -0.25) is 0 Å². The lowest BCUT2D eigenvalue weighted by molar-refractivity contribution is 0.428. The van der Waals surface area contributed by atoms with Gasteiger partial charge in [-0.05, 0) is 59.9 Å². The second-order valence-electron chi connectivity index (χ2n) is 5.83. The minimum Gasteiger partial charge on any atom is -0.303 e. The molecule has 1 heterocycles. The molecule has 2 aliphatic rings. The summed E-state index contributed by atoms with van der Waals surface area (Å²) < 4.78 is 0. The van der Waals surface area contributed by atoms with Crippen molar-refractivity contribution in [2.24, 2.45) is 0 Å². The van der Waals surface area contributed by atoms with Crippen molar-refractivity contribution in [3.05, 3.63) is 64.2 Å². The number of rotatable bonds is 2. The van der Waals surface area contributed by atoms with Crippen molar-refractivity contribution in [1.82, 2.24) is 5.32 Å². The van der Waals surface area contributed by atoms with Crippen molar-refractivity contribution in [3.63, 3.8) is 0 Å². The van der Waals surface area contributed by atoms with Crippen LogP contribution in [0.1, 0.15) is 41.6 Å². The van der Waals surface area contributed by atoms with Crippen LogP contribution in [0.2, 0.25) is 5.02 Å². The summed E-state index contributed by atoms with van der Waals surface area (Å²) >= 11 is 8.09. The highest BCUT2D eigenvalue weighted by atomic mass is 35.5. The molecule has 3 heteroatoms. The van der Waals surface area contributed by atoms with Crippen molar-refractivity contribution in [2.45, 2.75) is 36.2 Å². The van der Waals surface area contributed by atoms with Crippen molar-refractivity contribution < 1.29 is 0 Å². The molecule has 2 atom stereocenters. The van der Waals surface area contributed by atoms with E-state index >= 15 is 0 Å². The van der Waals surface area contributed by atoms with E-state index in [4.69, 9.17) is 11.6 Å². The Morgan fingerprint density at radius 1 is 1.00 bits per heavy atom. The molecule has 2 aromatic carbocycles. The van der Waals surface area contributed by atoms with Crippen LogP contribution in [0, 0.1) is 0 Å². The predicted molar refractivity (Wildman–Crippen MR) is 90.2 cm³/mol. The molecule has 0 amide bonds. The molecule has 108 valence electrons. The number of hydrogen-bond donors (Lipinski definition) is 1. The van der Waals surface area contributed by atoms with Crippen LogP contribution in [0.5, 0.6) is 0 Å². The smallest absolute Gasteiger partial charge is 0.0408 e. The van der Waals surface area contributed by atoms with Crippen LogP contribution >= 0.6 is 23.4 Å². The molecule has 0 aromatic heterocycles. The van der Waals surface area contributed by atoms with E-state index in [0.717, 1.165) is 11.4 Å². The summed E-state index contributed by atoms with van der Waals surface area (Å²) in [4.78, 5) is 1.44. The molecule has 21 heavy (non-hydrogen) atoms. The lowest BCUT2D eigenvalue weighted by atomic mass is 10.0. The summed E-state index contributed by atoms with van der Waals surface area (Å²) in [6.07, 6.45) is 3.53. The summed E-state index contributed by atoms with van der Waals surface area (Å²) in [5.74, 6) is 1.20. The quantitative estimate of drug-likeness (QED) is 0.822. The Kier molecular flexibility index (Phi) is 3.70. The zero-order valence-electron chi connectivity index (χ0n) is 11.8. The number of hydrogen-bond acceptors (Lipinski definition) is 2. The summed E-state index contributed by atoms with van der Waals surface area (Å²) in [7, 11) is 0. The van der Waals surface area contributed by atoms with E-state index in [2.05, 4.69) is 41.7 Å². The van der Waals surface area contributed by atoms with Gasteiger partial charge in [0.25, 0.3) is 0 Å². The van der Waals surface area contributed by atoms with Gasteiger partial charge in [0, 0.05) is 22.0 Å². The summed E-state index contributed by atoms with van der Waals surface area (Å²) in [6.45, 7) is 0. The fourth-order valence-corrected chi connectivity index (χ4v) is 4.84. The van der Waals surface area contributed by atoms with E-state index in [1.807, 2.05) is 17.8 Å². The van der Waals surface area contributed by atoms with Crippen molar-refractivity contribution in [1.29, 1.82) is 0 Å². The normalized spacial score (nSPS) is 23.7. The Morgan fingerprint density at radius 2 is 1.86 bits per heavy atom. The third-order valence-electron chi connectivity index (χ3n) is 4.54. The Bertz CT molecular complexity index is 670. The minimum absolute atomic E-state index is 0.471. The third-order valence-corrected chi connectivity index (χ3v) is 5.90. The van der Waals surface area contributed by atoms with Gasteiger partial charge in [-0.2, -0.15) is 0 Å². The van der Waals surface area contributed by atoms with Crippen LogP contribution in [0.3, 0.4) is 0 Å². The van der Waals surface area contributed by atoms with Crippen molar-refractivity contribution >= 4 is 23.4 Å². The molecular weight excluding hydrogens is 298 g/mol. The molecule has 1 N–H and O–H groups in total. The second-order valence-corrected chi connectivity index (χ2v) is 7.40. The second kappa shape index (κ2) is 5.68. The van der Waals surface area contributed by atoms with E-state index in [0.29, 0.717) is 12.1 Å². The molecule has 0 radical (unpaired) electrons. The van der Waals surface area contributed by atoms with Gasteiger partial charge in [-0.15, -0.1) is 11.8 Å². The molecule has 4 rings (SSSR count). The van der Waals surface area contributed by atoms with Crippen LogP contribution in [0.15, 0.2) is 47.4 Å². The number of thioether (sulfide) groups is 1. The van der Waals surface area contributed by atoms with Gasteiger partial charge in [-0.25, -0.2) is 0 Å². The SMILES string of the molecule is Clc1ccc2c(c1)CCC2NC1CCSc2ccccc21.